The molecule has 4 amide bonds. The van der Waals surface area contributed by atoms with Crippen molar-refractivity contribution in [2.75, 3.05) is 6.54 Å². The van der Waals surface area contributed by atoms with Crippen LogP contribution in [0.4, 0.5) is 4.79 Å². The molecule has 1 aliphatic rings. The van der Waals surface area contributed by atoms with Crippen molar-refractivity contribution in [1.82, 2.24) is 15.5 Å². The third kappa shape index (κ3) is 4.11. The number of carbonyl (C=O) groups is 3. The SMILES string of the molecule is C[C@H](NC(=O)c1ccc(CN2C(=O)CNC2=O)cc1)c1ccc(Br)cc1. The number of halogens is 1. The summed E-state index contributed by atoms with van der Waals surface area (Å²) < 4.78 is 0.987. The van der Waals surface area contributed by atoms with E-state index >= 15 is 0 Å². The van der Waals surface area contributed by atoms with Gasteiger partial charge in [-0.05, 0) is 42.3 Å². The minimum Gasteiger partial charge on any atom is -0.346 e. The van der Waals surface area contributed by atoms with Crippen molar-refractivity contribution in [3.8, 4) is 0 Å². The first kappa shape index (κ1) is 18.1. The molecule has 0 unspecified atom stereocenters. The Kier molecular flexibility index (Phi) is 5.37. The smallest absolute Gasteiger partial charge is 0.324 e. The Morgan fingerprint density at radius 3 is 2.38 bits per heavy atom. The number of amides is 4. The van der Waals surface area contributed by atoms with Gasteiger partial charge in [0.2, 0.25) is 5.91 Å². The van der Waals surface area contributed by atoms with Gasteiger partial charge in [0.05, 0.1) is 19.1 Å². The molecular formula is C19H18BrN3O3. The topological polar surface area (TPSA) is 78.5 Å². The second-order valence-electron chi connectivity index (χ2n) is 6.08. The number of carbonyl (C=O) groups excluding carboxylic acids is 3. The molecule has 2 aromatic carbocycles. The molecule has 2 aromatic rings. The van der Waals surface area contributed by atoms with Gasteiger partial charge in [-0.25, -0.2) is 4.79 Å². The molecule has 2 N–H and O–H groups in total. The second kappa shape index (κ2) is 7.70. The van der Waals surface area contributed by atoms with Crippen LogP contribution in [0.25, 0.3) is 0 Å². The van der Waals surface area contributed by atoms with Gasteiger partial charge in [0, 0.05) is 10.0 Å². The molecule has 3 rings (SSSR count). The van der Waals surface area contributed by atoms with Gasteiger partial charge in [0.1, 0.15) is 0 Å². The summed E-state index contributed by atoms with van der Waals surface area (Å²) in [4.78, 5) is 36.7. The zero-order valence-corrected chi connectivity index (χ0v) is 15.7. The van der Waals surface area contributed by atoms with Crippen molar-refractivity contribution in [3.63, 3.8) is 0 Å². The Balaban J connectivity index is 1.62. The first-order valence-corrected chi connectivity index (χ1v) is 8.97. The van der Waals surface area contributed by atoms with E-state index in [0.717, 1.165) is 20.5 Å². The van der Waals surface area contributed by atoms with Gasteiger partial charge in [0.25, 0.3) is 5.91 Å². The highest BCUT2D eigenvalue weighted by Crippen LogP contribution is 2.17. The fourth-order valence-electron chi connectivity index (χ4n) is 2.67. The summed E-state index contributed by atoms with van der Waals surface area (Å²) in [5, 5.41) is 5.44. The highest BCUT2D eigenvalue weighted by Gasteiger charge is 2.28. The van der Waals surface area contributed by atoms with Crippen molar-refractivity contribution in [2.45, 2.75) is 19.5 Å². The first-order chi connectivity index (χ1) is 12.4. The van der Waals surface area contributed by atoms with E-state index in [-0.39, 0.29) is 37.0 Å². The van der Waals surface area contributed by atoms with Crippen LogP contribution in [0.2, 0.25) is 0 Å². The third-order valence-electron chi connectivity index (χ3n) is 4.21. The molecular weight excluding hydrogens is 398 g/mol. The number of benzene rings is 2. The number of nitrogens with one attached hydrogen (secondary N) is 2. The molecule has 7 heteroatoms. The van der Waals surface area contributed by atoms with E-state index in [1.165, 1.54) is 0 Å². The molecule has 1 fully saturated rings. The number of rotatable bonds is 5. The van der Waals surface area contributed by atoms with E-state index in [0.29, 0.717) is 5.56 Å². The van der Waals surface area contributed by atoms with Gasteiger partial charge in [-0.15, -0.1) is 0 Å². The predicted molar refractivity (Wildman–Crippen MR) is 100 cm³/mol. The lowest BCUT2D eigenvalue weighted by atomic mass is 10.1. The molecule has 134 valence electrons. The van der Waals surface area contributed by atoms with Crippen molar-refractivity contribution < 1.29 is 14.4 Å². The van der Waals surface area contributed by atoms with Gasteiger partial charge in [-0.1, -0.05) is 40.2 Å². The Hall–Kier alpha value is -2.67. The summed E-state index contributed by atoms with van der Waals surface area (Å²) in [6.45, 7) is 2.15. The zero-order chi connectivity index (χ0) is 18.7. The normalized spacial score (nSPS) is 14.9. The minimum absolute atomic E-state index is 0.0350. The fraction of sp³-hybridized carbons (Fsp3) is 0.211. The number of imide groups is 1. The predicted octanol–water partition coefficient (Wildman–Crippen LogP) is 2.99. The molecule has 6 nitrogen and oxygen atoms in total. The van der Waals surface area contributed by atoms with E-state index in [1.54, 1.807) is 24.3 Å². The average molecular weight is 416 g/mol. The lowest BCUT2D eigenvalue weighted by Gasteiger charge is -2.15. The van der Waals surface area contributed by atoms with Gasteiger partial charge in [-0.3, -0.25) is 14.5 Å². The van der Waals surface area contributed by atoms with Gasteiger partial charge in [-0.2, -0.15) is 0 Å². The Morgan fingerprint density at radius 1 is 1.15 bits per heavy atom. The molecule has 1 aliphatic heterocycles. The van der Waals surface area contributed by atoms with Crippen molar-refractivity contribution >= 4 is 33.8 Å². The number of hydrogen-bond donors (Lipinski definition) is 2. The van der Waals surface area contributed by atoms with Crippen molar-refractivity contribution in [3.05, 3.63) is 69.7 Å². The third-order valence-corrected chi connectivity index (χ3v) is 4.74. The Bertz CT molecular complexity index is 818. The molecule has 0 bridgehead atoms. The number of hydrogen-bond acceptors (Lipinski definition) is 3. The van der Waals surface area contributed by atoms with Gasteiger partial charge >= 0.3 is 6.03 Å². The molecule has 0 aliphatic carbocycles. The van der Waals surface area contributed by atoms with E-state index in [2.05, 4.69) is 26.6 Å². The molecule has 0 saturated carbocycles. The van der Waals surface area contributed by atoms with Crippen LogP contribution >= 0.6 is 15.9 Å². The molecule has 1 saturated heterocycles. The van der Waals surface area contributed by atoms with Gasteiger partial charge in [0.15, 0.2) is 0 Å². The standard InChI is InChI=1S/C19H18BrN3O3/c1-12(14-6-8-16(20)9-7-14)22-18(25)15-4-2-13(3-5-15)11-23-17(24)10-21-19(23)26/h2-9,12H,10-11H2,1H3,(H,21,26)(H,22,25)/t12-/m0/s1. The molecule has 1 atom stereocenters. The Labute approximate surface area is 159 Å². The summed E-state index contributed by atoms with van der Waals surface area (Å²) in [5.41, 5.74) is 2.32. The zero-order valence-electron chi connectivity index (χ0n) is 14.2. The first-order valence-electron chi connectivity index (χ1n) is 8.17. The molecule has 0 spiro atoms. The highest BCUT2D eigenvalue weighted by atomic mass is 79.9. The van der Waals surface area contributed by atoms with E-state index in [9.17, 15) is 14.4 Å². The lowest BCUT2D eigenvalue weighted by Crippen LogP contribution is -2.30. The maximum atomic E-state index is 12.4. The Morgan fingerprint density at radius 2 is 1.81 bits per heavy atom. The maximum absolute atomic E-state index is 12.4. The van der Waals surface area contributed by atoms with E-state index in [1.807, 2.05) is 31.2 Å². The summed E-state index contributed by atoms with van der Waals surface area (Å²) in [6, 6.07) is 14.1. The lowest BCUT2D eigenvalue weighted by molar-refractivity contribution is -0.125. The maximum Gasteiger partial charge on any atom is 0.324 e. The number of nitrogens with zero attached hydrogens (tertiary/aromatic N) is 1. The summed E-state index contributed by atoms with van der Waals surface area (Å²) >= 11 is 3.39. The summed E-state index contributed by atoms with van der Waals surface area (Å²) in [7, 11) is 0. The quantitative estimate of drug-likeness (QED) is 0.736. The van der Waals surface area contributed by atoms with Crippen LogP contribution in [0.5, 0.6) is 0 Å². The van der Waals surface area contributed by atoms with Crippen LogP contribution in [0, 0.1) is 0 Å². The van der Waals surface area contributed by atoms with Crippen molar-refractivity contribution in [2.24, 2.45) is 0 Å². The van der Waals surface area contributed by atoms with Crippen LogP contribution in [0.3, 0.4) is 0 Å². The largest absolute Gasteiger partial charge is 0.346 e. The van der Waals surface area contributed by atoms with Gasteiger partial charge < -0.3 is 10.6 Å². The van der Waals surface area contributed by atoms with Crippen LogP contribution in [-0.2, 0) is 11.3 Å². The monoisotopic (exact) mass is 415 g/mol. The van der Waals surface area contributed by atoms with Crippen LogP contribution in [0.1, 0.15) is 34.5 Å². The molecule has 26 heavy (non-hydrogen) atoms. The van der Waals surface area contributed by atoms with Crippen LogP contribution in [0.15, 0.2) is 53.0 Å². The average Bonchev–Trinajstić information content (AvgIpc) is 2.94. The molecule has 1 heterocycles. The number of urea groups is 1. The van der Waals surface area contributed by atoms with E-state index in [4.69, 9.17) is 0 Å². The molecule has 0 radical (unpaired) electrons. The summed E-state index contributed by atoms with van der Waals surface area (Å²) in [6.07, 6.45) is 0. The summed E-state index contributed by atoms with van der Waals surface area (Å²) in [5.74, 6) is -0.429. The second-order valence-corrected chi connectivity index (χ2v) is 7.00. The van der Waals surface area contributed by atoms with Crippen LogP contribution in [-0.4, -0.2) is 29.3 Å². The van der Waals surface area contributed by atoms with Crippen molar-refractivity contribution in [1.29, 1.82) is 0 Å². The molecule has 0 aromatic heterocycles. The van der Waals surface area contributed by atoms with Crippen LogP contribution < -0.4 is 10.6 Å². The minimum atomic E-state index is -0.389. The highest BCUT2D eigenvalue weighted by molar-refractivity contribution is 9.10. The van der Waals surface area contributed by atoms with E-state index < -0.39 is 0 Å². The fourth-order valence-corrected chi connectivity index (χ4v) is 2.94.